The minimum absolute atomic E-state index is 0.150. The van der Waals surface area contributed by atoms with E-state index in [2.05, 4.69) is 5.43 Å². The highest BCUT2D eigenvalue weighted by Crippen LogP contribution is 1.93. The van der Waals surface area contributed by atoms with Gasteiger partial charge in [0.1, 0.15) is 5.40 Å². The normalized spacial score (nSPS) is 9.14. The third-order valence-electron chi connectivity index (χ3n) is 1.52. The Morgan fingerprint density at radius 3 is 2.86 bits per heavy atom. The predicted octanol–water partition coefficient (Wildman–Crippen LogP) is 0.567. The van der Waals surface area contributed by atoms with Gasteiger partial charge in [0.05, 0.1) is 5.75 Å². The van der Waals surface area contributed by atoms with Crippen LogP contribution >= 0.6 is 11.8 Å². The molecule has 1 heterocycles. The molecule has 1 rings (SSSR count). The van der Waals surface area contributed by atoms with E-state index in [9.17, 15) is 4.79 Å². The van der Waals surface area contributed by atoms with Gasteiger partial charge >= 0.3 is 0 Å². The molecular weight excluding hydrogens is 198 g/mol. The second-order valence-corrected chi connectivity index (χ2v) is 3.46. The smallest absolute Gasteiger partial charge is 0.268 e. The summed E-state index contributed by atoms with van der Waals surface area (Å²) in [7, 11) is 0. The average Bonchev–Trinajstić information content (AvgIpc) is 2.18. The molecule has 0 fully saturated rings. The molecule has 5 heteroatoms. The maximum Gasteiger partial charge on any atom is 0.285 e. The molecule has 0 spiro atoms. The molecule has 14 heavy (non-hydrogen) atoms. The maximum atomic E-state index is 11.2. The van der Waals surface area contributed by atoms with Crippen LogP contribution in [0, 0.1) is 17.6 Å². The number of thiocyanates is 1. The summed E-state index contributed by atoms with van der Waals surface area (Å²) >= 11 is 0.919. The molecule has 0 saturated heterocycles. The lowest BCUT2D eigenvalue weighted by molar-refractivity contribution is -0.642. The van der Waals surface area contributed by atoms with Gasteiger partial charge in [0.2, 0.25) is 0 Å². The zero-order chi connectivity index (χ0) is 10.4. The predicted molar refractivity (Wildman–Crippen MR) is 53.8 cm³/mol. The van der Waals surface area contributed by atoms with Crippen LogP contribution in [0.5, 0.6) is 0 Å². The van der Waals surface area contributed by atoms with Gasteiger partial charge in [-0.15, -0.1) is 5.43 Å². The fraction of sp³-hybridized carbons (Fsp3) is 0.222. The van der Waals surface area contributed by atoms with Crippen molar-refractivity contribution in [1.29, 1.82) is 5.26 Å². The molecule has 4 nitrogen and oxygen atoms in total. The number of aryl methyl sites for hydroxylation is 1. The van der Waals surface area contributed by atoms with Crippen molar-refractivity contribution in [2.75, 3.05) is 11.2 Å². The van der Waals surface area contributed by atoms with Gasteiger partial charge in [-0.2, -0.15) is 5.26 Å². The molecule has 1 amide bonds. The standard InChI is InChI=1S/C9H9N3OS/c1-8-2-4-12(5-3-8)11-9(13)6-14-7-10/h2-5H,6H2,1H3/p+1. The molecular formula is C9H10N3OS+. The van der Waals surface area contributed by atoms with Crippen LogP contribution in [0.4, 0.5) is 0 Å². The maximum absolute atomic E-state index is 11.2. The molecule has 0 aliphatic heterocycles. The summed E-state index contributed by atoms with van der Waals surface area (Å²) in [5, 5.41) is 10.1. The van der Waals surface area contributed by atoms with E-state index in [1.807, 2.05) is 24.5 Å². The van der Waals surface area contributed by atoms with E-state index >= 15 is 0 Å². The van der Waals surface area contributed by atoms with Gasteiger partial charge < -0.3 is 0 Å². The van der Waals surface area contributed by atoms with Crippen molar-refractivity contribution in [3.05, 3.63) is 30.1 Å². The zero-order valence-corrected chi connectivity index (χ0v) is 8.54. The first-order valence-electron chi connectivity index (χ1n) is 4.01. The SMILES string of the molecule is Cc1cc[n+](NC(=O)CSC#N)cc1. The van der Waals surface area contributed by atoms with Gasteiger partial charge in [-0.3, -0.25) is 4.79 Å². The number of thioether (sulfide) groups is 1. The Bertz CT molecular complexity index is 355. The molecule has 0 saturated carbocycles. The van der Waals surface area contributed by atoms with Crippen LogP contribution in [-0.2, 0) is 4.79 Å². The number of nitrogens with one attached hydrogen (secondary N) is 1. The van der Waals surface area contributed by atoms with Crippen LogP contribution in [-0.4, -0.2) is 11.7 Å². The Hall–Kier alpha value is -1.54. The largest absolute Gasteiger partial charge is 0.285 e. The molecule has 0 atom stereocenters. The van der Waals surface area contributed by atoms with Crippen molar-refractivity contribution in [2.45, 2.75) is 6.92 Å². The van der Waals surface area contributed by atoms with E-state index in [1.54, 1.807) is 17.1 Å². The van der Waals surface area contributed by atoms with Crippen LogP contribution in [0.1, 0.15) is 5.56 Å². The summed E-state index contributed by atoms with van der Waals surface area (Å²) in [6.45, 7) is 1.97. The molecule has 0 aliphatic rings. The summed E-state index contributed by atoms with van der Waals surface area (Å²) in [5.74, 6) is -0.0393. The van der Waals surface area contributed by atoms with E-state index in [0.29, 0.717) is 0 Å². The van der Waals surface area contributed by atoms with Crippen LogP contribution in [0.15, 0.2) is 24.5 Å². The number of hydrogen-bond donors (Lipinski definition) is 1. The first-order valence-corrected chi connectivity index (χ1v) is 4.99. The fourth-order valence-electron chi connectivity index (χ4n) is 0.850. The van der Waals surface area contributed by atoms with Crippen molar-refractivity contribution < 1.29 is 9.47 Å². The summed E-state index contributed by atoms with van der Waals surface area (Å²) < 4.78 is 1.56. The first kappa shape index (κ1) is 10.5. The average molecular weight is 208 g/mol. The molecule has 1 N–H and O–H groups in total. The number of carbonyl (C=O) groups is 1. The molecule has 0 aromatic carbocycles. The van der Waals surface area contributed by atoms with Crippen molar-refractivity contribution in [3.63, 3.8) is 0 Å². The topological polar surface area (TPSA) is 56.8 Å². The van der Waals surface area contributed by atoms with Crippen LogP contribution < -0.4 is 10.1 Å². The van der Waals surface area contributed by atoms with Crippen molar-refractivity contribution in [2.24, 2.45) is 0 Å². The van der Waals surface area contributed by atoms with E-state index in [-0.39, 0.29) is 11.7 Å². The van der Waals surface area contributed by atoms with E-state index in [1.165, 1.54) is 0 Å². The summed E-state index contributed by atoms with van der Waals surface area (Å²) in [6.07, 6.45) is 3.51. The van der Waals surface area contributed by atoms with Gasteiger partial charge in [0.15, 0.2) is 12.4 Å². The Labute approximate surface area is 86.5 Å². The number of aromatic nitrogens is 1. The highest BCUT2D eigenvalue weighted by Gasteiger charge is 2.06. The van der Waals surface area contributed by atoms with Gasteiger partial charge in [-0.05, 0) is 24.2 Å². The van der Waals surface area contributed by atoms with Crippen molar-refractivity contribution >= 4 is 17.7 Å². The molecule has 0 unspecified atom stereocenters. The summed E-state index contributed by atoms with van der Waals surface area (Å²) in [6, 6.07) is 3.77. The number of nitrogens with zero attached hydrogens (tertiary/aromatic N) is 2. The van der Waals surface area contributed by atoms with Gasteiger partial charge in [0.25, 0.3) is 5.91 Å². The third kappa shape index (κ3) is 3.46. The minimum Gasteiger partial charge on any atom is -0.268 e. The summed E-state index contributed by atoms with van der Waals surface area (Å²) in [4.78, 5) is 11.2. The number of nitriles is 1. The Morgan fingerprint density at radius 1 is 1.64 bits per heavy atom. The summed E-state index contributed by atoms with van der Waals surface area (Å²) in [5.41, 5.74) is 3.74. The fourth-order valence-corrected chi connectivity index (χ4v) is 1.11. The van der Waals surface area contributed by atoms with Gasteiger partial charge in [0, 0.05) is 12.1 Å². The van der Waals surface area contributed by atoms with Crippen molar-refractivity contribution in [3.8, 4) is 5.40 Å². The second kappa shape index (κ2) is 5.25. The van der Waals surface area contributed by atoms with Crippen LogP contribution in [0.2, 0.25) is 0 Å². The van der Waals surface area contributed by atoms with Gasteiger partial charge in [-0.25, -0.2) is 0 Å². The van der Waals surface area contributed by atoms with Gasteiger partial charge in [-0.1, -0.05) is 4.68 Å². The second-order valence-electron chi connectivity index (χ2n) is 2.70. The molecule has 1 aromatic heterocycles. The number of amides is 1. The van der Waals surface area contributed by atoms with Crippen LogP contribution in [0.3, 0.4) is 0 Å². The quantitative estimate of drug-likeness (QED) is 0.583. The molecule has 0 aliphatic carbocycles. The molecule has 1 aromatic rings. The zero-order valence-electron chi connectivity index (χ0n) is 7.73. The minimum atomic E-state index is -0.189. The monoisotopic (exact) mass is 208 g/mol. The first-order chi connectivity index (χ1) is 6.72. The Balaban J connectivity index is 2.49. The Morgan fingerprint density at radius 2 is 2.29 bits per heavy atom. The highest BCUT2D eigenvalue weighted by atomic mass is 32.2. The molecule has 0 radical (unpaired) electrons. The molecule has 0 bridgehead atoms. The Kier molecular flexibility index (Phi) is 3.95. The lowest BCUT2D eigenvalue weighted by Gasteiger charge is -1.96. The molecule has 72 valence electrons. The van der Waals surface area contributed by atoms with E-state index < -0.39 is 0 Å². The van der Waals surface area contributed by atoms with Crippen molar-refractivity contribution in [1.82, 2.24) is 0 Å². The van der Waals surface area contributed by atoms with E-state index in [0.717, 1.165) is 17.3 Å². The van der Waals surface area contributed by atoms with Crippen LogP contribution in [0.25, 0.3) is 0 Å². The number of hydrogen-bond acceptors (Lipinski definition) is 3. The highest BCUT2D eigenvalue weighted by molar-refractivity contribution is 8.04. The number of carbonyl (C=O) groups excluding carboxylic acids is 1. The number of rotatable bonds is 3. The lowest BCUT2D eigenvalue weighted by Crippen LogP contribution is -2.48. The van der Waals surface area contributed by atoms with E-state index in [4.69, 9.17) is 5.26 Å². The number of pyridine rings is 1. The third-order valence-corrected chi connectivity index (χ3v) is 2.05. The lowest BCUT2D eigenvalue weighted by atomic mass is 10.3.